The van der Waals surface area contributed by atoms with Crippen LogP contribution in [0, 0.1) is 17.8 Å². The van der Waals surface area contributed by atoms with Gasteiger partial charge >= 0.3 is 0 Å². The molecule has 0 bridgehead atoms. The first-order valence-corrected chi connectivity index (χ1v) is 8.87. The molecule has 0 spiro atoms. The molecule has 0 unspecified atom stereocenters. The van der Waals surface area contributed by atoms with Crippen LogP contribution in [0.1, 0.15) is 41.5 Å². The first kappa shape index (κ1) is 20.1. The Balaban J connectivity index is 3.29. The Hall–Kier alpha value is -1.98. The van der Waals surface area contributed by atoms with Crippen LogP contribution in [0.5, 0.6) is 0 Å². The Labute approximate surface area is 146 Å². The van der Waals surface area contributed by atoms with Crippen molar-refractivity contribution in [2.45, 2.75) is 41.5 Å². The first-order valence-electron chi connectivity index (χ1n) is 8.87. The summed E-state index contributed by atoms with van der Waals surface area (Å²) in [7, 11) is 0. The molecule has 1 aromatic carbocycles. The van der Waals surface area contributed by atoms with E-state index < -0.39 is 0 Å². The van der Waals surface area contributed by atoms with Crippen molar-refractivity contribution >= 4 is 34.1 Å². The lowest BCUT2D eigenvalue weighted by molar-refractivity contribution is 0.686. The van der Waals surface area contributed by atoms with E-state index in [4.69, 9.17) is 17.2 Å². The van der Waals surface area contributed by atoms with E-state index in [1.165, 1.54) is 0 Å². The van der Waals surface area contributed by atoms with E-state index in [9.17, 15) is 0 Å². The third-order valence-electron chi connectivity index (χ3n) is 3.68. The van der Waals surface area contributed by atoms with Gasteiger partial charge in [-0.1, -0.05) is 41.5 Å². The number of hydrogen-bond donors (Lipinski definition) is 6. The van der Waals surface area contributed by atoms with Gasteiger partial charge in [-0.15, -0.1) is 0 Å². The number of benzene rings is 1. The summed E-state index contributed by atoms with van der Waals surface area (Å²) >= 11 is 0. The van der Waals surface area contributed by atoms with Crippen molar-refractivity contribution in [3.8, 4) is 0 Å². The summed E-state index contributed by atoms with van der Waals surface area (Å²) < 4.78 is 0. The Bertz CT molecular complexity index is 440. The van der Waals surface area contributed by atoms with Crippen molar-refractivity contribution in [1.82, 2.24) is 0 Å². The highest BCUT2D eigenvalue weighted by Gasteiger charge is 2.20. The molecule has 6 nitrogen and oxygen atoms in total. The number of anilines is 6. The number of nitrogens with one attached hydrogen (secondary N) is 3. The van der Waals surface area contributed by atoms with Crippen molar-refractivity contribution in [2.24, 2.45) is 17.8 Å². The predicted molar refractivity (Wildman–Crippen MR) is 110 cm³/mol. The largest absolute Gasteiger partial charge is 0.395 e. The summed E-state index contributed by atoms with van der Waals surface area (Å²) in [5.74, 6) is 1.46. The summed E-state index contributed by atoms with van der Waals surface area (Å²) in [5.41, 5.74) is 23.1. The van der Waals surface area contributed by atoms with E-state index in [2.05, 4.69) is 57.5 Å². The molecule has 0 aromatic heterocycles. The molecule has 1 rings (SSSR count). The maximum absolute atomic E-state index is 6.37. The second-order valence-corrected chi connectivity index (χ2v) is 7.69. The number of hydrogen-bond acceptors (Lipinski definition) is 6. The molecule has 0 amide bonds. The lowest BCUT2D eigenvalue weighted by Crippen LogP contribution is -2.19. The van der Waals surface area contributed by atoms with Crippen molar-refractivity contribution in [3.63, 3.8) is 0 Å². The topological polar surface area (TPSA) is 114 Å². The van der Waals surface area contributed by atoms with Crippen LogP contribution >= 0.6 is 0 Å². The molecule has 24 heavy (non-hydrogen) atoms. The summed E-state index contributed by atoms with van der Waals surface area (Å²) in [4.78, 5) is 0. The van der Waals surface area contributed by atoms with Crippen LogP contribution in [0.2, 0.25) is 0 Å². The third kappa shape index (κ3) is 5.28. The first-order chi connectivity index (χ1) is 11.1. The molecule has 9 N–H and O–H groups in total. The van der Waals surface area contributed by atoms with Gasteiger partial charge in [0.15, 0.2) is 0 Å². The molecular weight excluding hydrogens is 300 g/mol. The second kappa shape index (κ2) is 8.76. The molecule has 0 aliphatic rings. The molecule has 1 aromatic rings. The zero-order valence-electron chi connectivity index (χ0n) is 16.1. The van der Waals surface area contributed by atoms with Crippen LogP contribution < -0.4 is 33.2 Å². The molecular formula is C18H36N6. The van der Waals surface area contributed by atoms with Gasteiger partial charge in [0.25, 0.3) is 0 Å². The van der Waals surface area contributed by atoms with Gasteiger partial charge in [-0.05, 0) is 17.8 Å². The van der Waals surface area contributed by atoms with Gasteiger partial charge in [0.05, 0.1) is 34.1 Å². The third-order valence-corrected chi connectivity index (χ3v) is 3.68. The quantitative estimate of drug-likeness (QED) is 0.384. The lowest BCUT2D eigenvalue weighted by atomic mass is 10.1. The van der Waals surface area contributed by atoms with Gasteiger partial charge in [-0.3, -0.25) is 0 Å². The zero-order valence-corrected chi connectivity index (χ0v) is 16.1. The van der Waals surface area contributed by atoms with Crippen LogP contribution in [0.3, 0.4) is 0 Å². The van der Waals surface area contributed by atoms with Crippen LogP contribution in [0.25, 0.3) is 0 Å². The smallest absolute Gasteiger partial charge is 0.0852 e. The van der Waals surface area contributed by atoms with Gasteiger partial charge in [-0.2, -0.15) is 0 Å². The Morgan fingerprint density at radius 3 is 0.917 bits per heavy atom. The molecule has 6 heteroatoms. The molecule has 0 saturated heterocycles. The normalized spacial score (nSPS) is 11.4. The fraction of sp³-hybridized carbons (Fsp3) is 0.667. The highest BCUT2D eigenvalue weighted by Crippen LogP contribution is 2.45. The zero-order chi connectivity index (χ0) is 18.4. The van der Waals surface area contributed by atoms with Crippen LogP contribution in [0.15, 0.2) is 0 Å². The van der Waals surface area contributed by atoms with Crippen LogP contribution in [-0.2, 0) is 0 Å². The van der Waals surface area contributed by atoms with E-state index in [-0.39, 0.29) is 0 Å². The van der Waals surface area contributed by atoms with Gasteiger partial charge in [-0.25, -0.2) is 0 Å². The van der Waals surface area contributed by atoms with Crippen molar-refractivity contribution in [2.75, 3.05) is 52.8 Å². The number of rotatable bonds is 9. The lowest BCUT2D eigenvalue weighted by Gasteiger charge is -2.24. The van der Waals surface area contributed by atoms with Crippen LogP contribution in [0.4, 0.5) is 34.1 Å². The summed E-state index contributed by atoms with van der Waals surface area (Å²) in [5, 5.41) is 10.1. The highest BCUT2D eigenvalue weighted by atomic mass is 15.0. The van der Waals surface area contributed by atoms with E-state index in [1.54, 1.807) is 0 Å². The standard InChI is InChI=1S/C18H36N6/c1-10(2)7-22-16-13(19)17(23-8-11(3)4)15(21)18(14(16)20)24-9-12(5)6/h10-12,22-24H,7-9,19-21H2,1-6H3. The average Bonchev–Trinajstić information content (AvgIpc) is 2.45. The minimum atomic E-state index is 0.487. The summed E-state index contributed by atoms with van der Waals surface area (Å²) in [6, 6.07) is 0. The van der Waals surface area contributed by atoms with E-state index in [0.717, 1.165) is 36.7 Å². The summed E-state index contributed by atoms with van der Waals surface area (Å²) in [6.45, 7) is 15.3. The molecule has 0 fully saturated rings. The number of nitrogen functional groups attached to an aromatic ring is 3. The molecule has 0 heterocycles. The Kier molecular flexibility index (Phi) is 7.32. The molecule has 138 valence electrons. The monoisotopic (exact) mass is 336 g/mol. The Morgan fingerprint density at radius 1 is 0.542 bits per heavy atom. The molecule has 0 radical (unpaired) electrons. The van der Waals surface area contributed by atoms with Crippen LogP contribution in [-0.4, -0.2) is 19.6 Å². The van der Waals surface area contributed by atoms with Gasteiger partial charge in [0.2, 0.25) is 0 Å². The molecule has 0 aliphatic heterocycles. The second-order valence-electron chi connectivity index (χ2n) is 7.69. The van der Waals surface area contributed by atoms with E-state index >= 15 is 0 Å². The molecule has 0 aliphatic carbocycles. The number of nitrogens with two attached hydrogens (primary N) is 3. The maximum atomic E-state index is 6.37. The van der Waals surface area contributed by atoms with Gasteiger partial charge < -0.3 is 33.2 Å². The van der Waals surface area contributed by atoms with E-state index in [1.807, 2.05) is 0 Å². The molecule has 0 saturated carbocycles. The fourth-order valence-corrected chi connectivity index (χ4v) is 2.30. The SMILES string of the molecule is CC(C)CNc1c(N)c(NCC(C)C)c(N)c(NCC(C)C)c1N. The van der Waals surface area contributed by atoms with Crippen molar-refractivity contribution in [1.29, 1.82) is 0 Å². The highest BCUT2D eigenvalue weighted by molar-refractivity contribution is 6.05. The maximum Gasteiger partial charge on any atom is 0.0852 e. The van der Waals surface area contributed by atoms with E-state index in [0.29, 0.717) is 34.8 Å². The van der Waals surface area contributed by atoms with Gasteiger partial charge in [0.1, 0.15) is 0 Å². The minimum absolute atomic E-state index is 0.487. The Morgan fingerprint density at radius 2 is 0.750 bits per heavy atom. The van der Waals surface area contributed by atoms with Gasteiger partial charge in [0, 0.05) is 19.6 Å². The molecule has 0 atom stereocenters. The fourth-order valence-electron chi connectivity index (χ4n) is 2.30. The predicted octanol–water partition coefficient (Wildman–Crippen LogP) is 3.64. The minimum Gasteiger partial charge on any atom is -0.395 e. The van der Waals surface area contributed by atoms with Crippen molar-refractivity contribution in [3.05, 3.63) is 0 Å². The average molecular weight is 337 g/mol. The summed E-state index contributed by atoms with van der Waals surface area (Å²) in [6.07, 6.45) is 0. The van der Waals surface area contributed by atoms with Crippen molar-refractivity contribution < 1.29 is 0 Å².